The zero-order valence-corrected chi connectivity index (χ0v) is 19.1. The van der Waals surface area contributed by atoms with E-state index in [1.165, 1.54) is 5.56 Å². The van der Waals surface area contributed by atoms with Crippen molar-refractivity contribution in [3.8, 4) is 11.5 Å². The van der Waals surface area contributed by atoms with Gasteiger partial charge in [-0.1, -0.05) is 42.0 Å². The lowest BCUT2D eigenvalue weighted by Crippen LogP contribution is -2.49. The van der Waals surface area contributed by atoms with Crippen molar-refractivity contribution in [2.24, 2.45) is 0 Å². The average molecular weight is 437 g/mol. The summed E-state index contributed by atoms with van der Waals surface area (Å²) in [6.07, 6.45) is 2.28. The number of hydrogen-bond acceptors (Lipinski definition) is 4. The van der Waals surface area contributed by atoms with Gasteiger partial charge in [0.05, 0.1) is 13.2 Å². The number of carbonyl (C=O) groups is 1. The molecule has 0 saturated carbocycles. The molecular weight excluding hydrogens is 408 g/mol. The van der Waals surface area contributed by atoms with Crippen LogP contribution in [-0.4, -0.2) is 29.5 Å². The summed E-state index contributed by atoms with van der Waals surface area (Å²) in [4.78, 5) is 15.1. The molecule has 2 aliphatic rings. The molecule has 162 valence electrons. The van der Waals surface area contributed by atoms with E-state index in [9.17, 15) is 4.79 Å². The molecule has 6 heteroatoms. The molecule has 0 saturated heterocycles. The highest BCUT2D eigenvalue weighted by Crippen LogP contribution is 2.43. The first-order valence-corrected chi connectivity index (χ1v) is 11.1. The summed E-state index contributed by atoms with van der Waals surface area (Å²) in [7, 11) is 1.63. The first-order valence-electron chi connectivity index (χ1n) is 10.7. The van der Waals surface area contributed by atoms with Gasteiger partial charge in [0, 0.05) is 29.8 Å². The van der Waals surface area contributed by atoms with Crippen molar-refractivity contribution in [3.05, 3.63) is 70.4 Å². The molecule has 2 aromatic rings. The third-order valence-electron chi connectivity index (χ3n) is 5.88. The van der Waals surface area contributed by atoms with Crippen LogP contribution in [-0.2, 0) is 11.4 Å². The number of para-hydroxylation sites is 1. The molecule has 0 radical (unpaired) electrons. The van der Waals surface area contributed by atoms with Gasteiger partial charge in [-0.2, -0.15) is 0 Å². The van der Waals surface area contributed by atoms with E-state index in [4.69, 9.17) is 21.7 Å². The highest BCUT2D eigenvalue weighted by molar-refractivity contribution is 7.80. The highest BCUT2D eigenvalue weighted by Gasteiger charge is 2.38. The summed E-state index contributed by atoms with van der Waals surface area (Å²) in [5, 5.41) is 4.05. The Morgan fingerprint density at radius 3 is 2.74 bits per heavy atom. The van der Waals surface area contributed by atoms with Gasteiger partial charge in [0.25, 0.3) is 0 Å². The van der Waals surface area contributed by atoms with E-state index >= 15 is 0 Å². The first kappa shape index (κ1) is 21.4. The van der Waals surface area contributed by atoms with Crippen molar-refractivity contribution in [1.29, 1.82) is 0 Å². The Labute approximate surface area is 189 Å². The van der Waals surface area contributed by atoms with Gasteiger partial charge >= 0.3 is 0 Å². The third kappa shape index (κ3) is 4.17. The van der Waals surface area contributed by atoms with Crippen LogP contribution in [0.5, 0.6) is 11.5 Å². The summed E-state index contributed by atoms with van der Waals surface area (Å²) in [6, 6.07) is 13.7. The molecule has 0 spiro atoms. The molecule has 1 heterocycles. The predicted octanol–water partition coefficient (Wildman–Crippen LogP) is 4.84. The maximum absolute atomic E-state index is 13.0. The molecule has 1 atom stereocenters. The molecule has 1 aliphatic carbocycles. The lowest BCUT2D eigenvalue weighted by Gasteiger charge is -2.40. The molecule has 5 nitrogen and oxygen atoms in total. The largest absolute Gasteiger partial charge is 0.493 e. The number of ether oxygens (including phenoxy) is 2. The molecule has 0 aromatic heterocycles. The number of aryl methyl sites for hydroxylation is 1. The molecule has 2 aromatic carbocycles. The van der Waals surface area contributed by atoms with Gasteiger partial charge in [0.1, 0.15) is 6.61 Å². The Balaban J connectivity index is 1.76. The number of carbonyl (C=O) groups excluding carboxylic acids is 1. The number of nitrogens with one attached hydrogen (secondary N) is 1. The van der Waals surface area contributed by atoms with E-state index in [1.54, 1.807) is 7.11 Å². The number of Topliss-reactive ketones (excluding diaryl/α,β-unsaturated/α-hetero) is 1. The quantitative estimate of drug-likeness (QED) is 0.654. The van der Waals surface area contributed by atoms with E-state index < -0.39 is 0 Å². The topological polar surface area (TPSA) is 50.8 Å². The second-order valence-electron chi connectivity index (χ2n) is 7.92. The van der Waals surface area contributed by atoms with Crippen molar-refractivity contribution in [2.45, 2.75) is 45.8 Å². The van der Waals surface area contributed by atoms with Crippen molar-refractivity contribution in [2.75, 3.05) is 13.7 Å². The number of hydrogen-bond donors (Lipinski definition) is 1. The lowest BCUT2D eigenvalue weighted by atomic mass is 9.84. The normalized spacial score (nSPS) is 18.5. The van der Waals surface area contributed by atoms with Crippen LogP contribution in [0, 0.1) is 6.92 Å². The van der Waals surface area contributed by atoms with Gasteiger partial charge in [-0.25, -0.2) is 0 Å². The molecule has 1 N–H and O–H groups in total. The Hall–Kier alpha value is -2.86. The van der Waals surface area contributed by atoms with Crippen molar-refractivity contribution in [3.63, 3.8) is 0 Å². The Bertz CT molecular complexity index is 1050. The minimum Gasteiger partial charge on any atom is -0.493 e. The zero-order valence-electron chi connectivity index (χ0n) is 18.2. The fourth-order valence-corrected chi connectivity index (χ4v) is 4.81. The van der Waals surface area contributed by atoms with E-state index in [0.29, 0.717) is 29.6 Å². The smallest absolute Gasteiger partial charge is 0.173 e. The standard InChI is InChI=1S/C25H28N2O3S/c1-4-27-19-11-7-12-20(28)22(19)23(26-25(27)31)18-10-6-13-21(29-3)24(18)30-15-17-9-5-8-16(2)14-17/h5-6,8-10,13-14,23H,4,7,11-12,15H2,1-3H3,(H,26,31). The number of allylic oxidation sites excluding steroid dienone is 1. The molecule has 1 unspecified atom stereocenters. The van der Waals surface area contributed by atoms with Gasteiger partial charge < -0.3 is 19.7 Å². The minimum atomic E-state index is -0.347. The molecule has 4 rings (SSSR count). The van der Waals surface area contributed by atoms with Crippen LogP contribution in [0.15, 0.2) is 53.7 Å². The van der Waals surface area contributed by atoms with Gasteiger partial charge in [-0.05, 0) is 50.5 Å². The molecule has 0 bridgehead atoms. The van der Waals surface area contributed by atoms with Crippen molar-refractivity contribution < 1.29 is 14.3 Å². The maximum atomic E-state index is 13.0. The summed E-state index contributed by atoms with van der Waals surface area (Å²) < 4.78 is 11.9. The summed E-state index contributed by atoms with van der Waals surface area (Å²) in [5.41, 5.74) is 4.97. The molecule has 0 amide bonds. The van der Waals surface area contributed by atoms with Gasteiger partial charge in [0.2, 0.25) is 0 Å². The summed E-state index contributed by atoms with van der Waals surface area (Å²) in [5.74, 6) is 1.45. The number of benzene rings is 2. The lowest BCUT2D eigenvalue weighted by molar-refractivity contribution is -0.116. The van der Waals surface area contributed by atoms with Crippen LogP contribution in [0.25, 0.3) is 0 Å². The van der Waals surface area contributed by atoms with Crippen LogP contribution in [0.4, 0.5) is 0 Å². The molecular formula is C25H28N2O3S. The van der Waals surface area contributed by atoms with Crippen LogP contribution in [0.1, 0.15) is 48.9 Å². The monoisotopic (exact) mass is 436 g/mol. The van der Waals surface area contributed by atoms with Crippen molar-refractivity contribution in [1.82, 2.24) is 10.2 Å². The Morgan fingerprint density at radius 2 is 2.00 bits per heavy atom. The fourth-order valence-electron chi connectivity index (χ4n) is 4.45. The minimum absolute atomic E-state index is 0.173. The van der Waals surface area contributed by atoms with Gasteiger partial charge in [0.15, 0.2) is 22.4 Å². The summed E-state index contributed by atoms with van der Waals surface area (Å²) in [6.45, 7) is 5.26. The average Bonchev–Trinajstić information content (AvgIpc) is 2.77. The number of rotatable bonds is 6. The van der Waals surface area contributed by atoms with E-state index in [-0.39, 0.29) is 11.8 Å². The van der Waals surface area contributed by atoms with Gasteiger partial charge in [-0.15, -0.1) is 0 Å². The highest BCUT2D eigenvalue weighted by atomic mass is 32.1. The van der Waals surface area contributed by atoms with E-state index in [2.05, 4.69) is 31.3 Å². The number of methoxy groups -OCH3 is 1. The zero-order chi connectivity index (χ0) is 22.0. The van der Waals surface area contributed by atoms with Crippen molar-refractivity contribution >= 4 is 23.1 Å². The first-order chi connectivity index (χ1) is 15.0. The van der Waals surface area contributed by atoms with Crippen LogP contribution >= 0.6 is 12.2 Å². The molecule has 0 fully saturated rings. The summed E-state index contributed by atoms with van der Waals surface area (Å²) >= 11 is 5.67. The maximum Gasteiger partial charge on any atom is 0.173 e. The third-order valence-corrected chi connectivity index (χ3v) is 6.22. The van der Waals surface area contributed by atoms with Crippen LogP contribution in [0.2, 0.25) is 0 Å². The SMILES string of the molecule is CCN1C(=S)NC(c2cccc(OC)c2OCc2cccc(C)c2)C2=C1CCCC2=O. The second-order valence-corrected chi connectivity index (χ2v) is 8.31. The van der Waals surface area contributed by atoms with Crippen LogP contribution < -0.4 is 14.8 Å². The van der Waals surface area contributed by atoms with E-state index in [1.807, 2.05) is 35.2 Å². The van der Waals surface area contributed by atoms with E-state index in [0.717, 1.165) is 41.8 Å². The fraction of sp³-hybridized carbons (Fsp3) is 0.360. The number of thiocarbonyl (C=S) groups is 1. The van der Waals surface area contributed by atoms with Gasteiger partial charge in [-0.3, -0.25) is 4.79 Å². The molecule has 1 aliphatic heterocycles. The number of ketones is 1. The predicted molar refractivity (Wildman–Crippen MR) is 125 cm³/mol. The number of nitrogens with zero attached hydrogens (tertiary/aromatic N) is 1. The second kappa shape index (κ2) is 9.10. The Morgan fingerprint density at radius 1 is 1.19 bits per heavy atom. The van der Waals surface area contributed by atoms with Crippen LogP contribution in [0.3, 0.4) is 0 Å². The Kier molecular flexibility index (Phi) is 6.28. The molecule has 31 heavy (non-hydrogen) atoms.